The van der Waals surface area contributed by atoms with Crippen LogP contribution in [-0.4, -0.2) is 28.8 Å². The van der Waals surface area contributed by atoms with Gasteiger partial charge in [-0.15, -0.1) is 0 Å². The van der Waals surface area contributed by atoms with Crippen LogP contribution in [0.1, 0.15) is 43.0 Å². The lowest BCUT2D eigenvalue weighted by Gasteiger charge is -2.29. The van der Waals surface area contributed by atoms with Crippen LogP contribution in [0.3, 0.4) is 0 Å². The average Bonchev–Trinajstić information content (AvgIpc) is 3.25. The molecule has 6 heteroatoms. The molecule has 0 atom stereocenters. The summed E-state index contributed by atoms with van der Waals surface area (Å²) in [5, 5.41) is 19.9. The number of hydrogen-bond acceptors (Lipinski definition) is 5. The summed E-state index contributed by atoms with van der Waals surface area (Å²) in [4.78, 5) is 7.74. The zero-order valence-corrected chi connectivity index (χ0v) is 15.9. The molecule has 4 rings (SSSR count). The van der Waals surface area contributed by atoms with Gasteiger partial charge in [-0.1, -0.05) is 36.2 Å². The van der Waals surface area contributed by atoms with Gasteiger partial charge in [-0.05, 0) is 43.7 Å². The molecule has 0 radical (unpaired) electrons. The van der Waals surface area contributed by atoms with E-state index in [0.717, 1.165) is 41.9 Å². The van der Waals surface area contributed by atoms with Crippen LogP contribution in [0.5, 0.6) is 0 Å². The Labute approximate surface area is 162 Å². The average molecular weight is 381 g/mol. The third-order valence-corrected chi connectivity index (χ3v) is 6.20. The predicted octanol–water partition coefficient (Wildman–Crippen LogP) is 3.93. The normalized spacial score (nSPS) is 18.5. The second-order valence-electron chi connectivity index (χ2n) is 7.43. The summed E-state index contributed by atoms with van der Waals surface area (Å²) in [5.41, 5.74) is 0.358. The summed E-state index contributed by atoms with van der Waals surface area (Å²) in [5.74, 6) is 6.16. The second-order valence-corrected chi connectivity index (χ2v) is 8.41. The van der Waals surface area contributed by atoms with E-state index in [2.05, 4.69) is 23.7 Å². The van der Waals surface area contributed by atoms with Gasteiger partial charge < -0.3 is 10.0 Å². The Kier molecular flexibility index (Phi) is 4.63. The van der Waals surface area contributed by atoms with Crippen molar-refractivity contribution in [2.24, 2.45) is 5.92 Å². The van der Waals surface area contributed by atoms with Crippen LogP contribution in [0.4, 0.5) is 9.52 Å². The third-order valence-electron chi connectivity index (χ3n) is 5.17. The Hall–Kier alpha value is -2.41. The molecule has 0 spiro atoms. The number of rotatable bonds is 2. The van der Waals surface area contributed by atoms with E-state index in [1.807, 2.05) is 6.07 Å². The van der Waals surface area contributed by atoms with Gasteiger partial charge in [0, 0.05) is 18.7 Å². The van der Waals surface area contributed by atoms with E-state index in [4.69, 9.17) is 10.2 Å². The fraction of sp³-hybridized carbons (Fsp3) is 0.429. The van der Waals surface area contributed by atoms with Gasteiger partial charge in [-0.3, -0.25) is 0 Å². The minimum absolute atomic E-state index is 0.0131. The second kappa shape index (κ2) is 6.96. The van der Waals surface area contributed by atoms with Crippen molar-refractivity contribution in [1.82, 2.24) is 4.98 Å². The number of halogens is 1. The molecule has 1 aromatic heterocycles. The zero-order valence-electron chi connectivity index (χ0n) is 15.1. The van der Waals surface area contributed by atoms with E-state index in [1.54, 1.807) is 6.07 Å². The highest BCUT2D eigenvalue weighted by Gasteiger charge is 2.38. The molecular formula is C21H20FN3OS. The van der Waals surface area contributed by atoms with Crippen molar-refractivity contribution in [2.75, 3.05) is 18.0 Å². The predicted molar refractivity (Wildman–Crippen MR) is 104 cm³/mol. The van der Waals surface area contributed by atoms with E-state index in [1.165, 1.54) is 23.5 Å². The lowest BCUT2D eigenvalue weighted by atomic mass is 10.00. The van der Waals surface area contributed by atoms with Gasteiger partial charge in [0.1, 0.15) is 22.4 Å². The lowest BCUT2D eigenvalue weighted by molar-refractivity contribution is 0.212. The molecule has 2 aromatic rings. The quantitative estimate of drug-likeness (QED) is 0.801. The van der Waals surface area contributed by atoms with Crippen LogP contribution in [-0.2, 0) is 0 Å². The molecule has 4 nitrogen and oxygen atoms in total. The van der Waals surface area contributed by atoms with Crippen LogP contribution in [0.25, 0.3) is 11.3 Å². The van der Waals surface area contributed by atoms with Crippen molar-refractivity contribution in [3.05, 3.63) is 34.5 Å². The van der Waals surface area contributed by atoms with Crippen molar-refractivity contribution in [1.29, 1.82) is 5.26 Å². The van der Waals surface area contributed by atoms with Crippen molar-refractivity contribution < 1.29 is 9.50 Å². The number of anilines is 1. The zero-order chi connectivity index (χ0) is 19.0. The van der Waals surface area contributed by atoms with E-state index >= 15 is 0 Å². The van der Waals surface area contributed by atoms with Crippen LogP contribution in [0.15, 0.2) is 18.2 Å². The van der Waals surface area contributed by atoms with Crippen LogP contribution >= 0.6 is 11.3 Å². The summed E-state index contributed by atoms with van der Waals surface area (Å²) >= 11 is 1.49. The first-order valence-electron chi connectivity index (χ1n) is 9.19. The fourth-order valence-corrected chi connectivity index (χ4v) is 4.09. The monoisotopic (exact) mass is 381 g/mol. The Morgan fingerprint density at radius 1 is 1.33 bits per heavy atom. The van der Waals surface area contributed by atoms with Crippen molar-refractivity contribution in [2.45, 2.75) is 38.2 Å². The van der Waals surface area contributed by atoms with Gasteiger partial charge in [0.15, 0.2) is 5.13 Å². The van der Waals surface area contributed by atoms with E-state index in [9.17, 15) is 9.50 Å². The first-order chi connectivity index (χ1) is 13.0. The minimum atomic E-state index is -0.877. The Bertz CT molecular complexity index is 970. The van der Waals surface area contributed by atoms with E-state index < -0.39 is 11.4 Å². The summed E-state index contributed by atoms with van der Waals surface area (Å²) < 4.78 is 14.1. The van der Waals surface area contributed by atoms with Gasteiger partial charge in [-0.2, -0.15) is 5.26 Å². The van der Waals surface area contributed by atoms with E-state index in [0.29, 0.717) is 24.1 Å². The molecular weight excluding hydrogens is 361 g/mol. The number of aromatic nitrogens is 1. The van der Waals surface area contributed by atoms with Gasteiger partial charge in [0.05, 0.1) is 11.3 Å². The molecule has 1 aromatic carbocycles. The van der Waals surface area contributed by atoms with Crippen molar-refractivity contribution >= 4 is 16.5 Å². The molecule has 138 valence electrons. The summed E-state index contributed by atoms with van der Waals surface area (Å²) in [6.07, 6.45) is 3.63. The molecule has 0 unspecified atom stereocenters. The molecule has 27 heavy (non-hydrogen) atoms. The molecule has 2 heterocycles. The Morgan fingerprint density at radius 2 is 2.07 bits per heavy atom. The van der Waals surface area contributed by atoms with Crippen molar-refractivity contribution in [3.63, 3.8) is 0 Å². The number of thiazole rings is 1. The highest BCUT2D eigenvalue weighted by molar-refractivity contribution is 7.16. The molecule has 2 aliphatic rings. The molecule has 1 saturated heterocycles. The number of piperidine rings is 1. The smallest absolute Gasteiger partial charge is 0.187 e. The minimum Gasteiger partial charge on any atom is -0.378 e. The Balaban J connectivity index is 1.73. The highest BCUT2D eigenvalue weighted by Crippen LogP contribution is 2.37. The van der Waals surface area contributed by atoms with Gasteiger partial charge in [0.2, 0.25) is 0 Å². The van der Waals surface area contributed by atoms with Crippen LogP contribution in [0.2, 0.25) is 0 Å². The molecule has 0 amide bonds. The number of nitriles is 1. The number of hydrogen-bond donors (Lipinski definition) is 1. The van der Waals surface area contributed by atoms with Crippen LogP contribution < -0.4 is 4.90 Å². The van der Waals surface area contributed by atoms with Crippen LogP contribution in [0, 0.1) is 34.9 Å². The first-order valence-corrected chi connectivity index (χ1v) is 10.0. The maximum absolute atomic E-state index is 14.1. The molecule has 1 aliphatic carbocycles. The highest BCUT2D eigenvalue weighted by atomic mass is 32.1. The Morgan fingerprint density at radius 3 is 2.70 bits per heavy atom. The topological polar surface area (TPSA) is 60.2 Å². The molecule has 1 saturated carbocycles. The molecule has 1 N–H and O–H groups in total. The molecule has 2 fully saturated rings. The summed E-state index contributed by atoms with van der Waals surface area (Å²) in [6, 6.07) is 6.36. The SMILES string of the molecule is CC1CCN(c2nc(-c3ccc(C#N)c(F)c3)c(C#CC3(O)CC3)s2)CC1. The molecule has 0 bridgehead atoms. The first kappa shape index (κ1) is 18.0. The largest absolute Gasteiger partial charge is 0.378 e. The molecule has 1 aliphatic heterocycles. The maximum Gasteiger partial charge on any atom is 0.187 e. The number of aliphatic hydroxyl groups is 1. The summed E-state index contributed by atoms with van der Waals surface area (Å²) in [6.45, 7) is 4.16. The summed E-state index contributed by atoms with van der Waals surface area (Å²) in [7, 11) is 0. The lowest BCUT2D eigenvalue weighted by Crippen LogP contribution is -2.32. The number of nitrogens with zero attached hydrogens (tertiary/aromatic N) is 3. The fourth-order valence-electron chi connectivity index (χ4n) is 3.09. The third kappa shape index (κ3) is 3.83. The van der Waals surface area contributed by atoms with Gasteiger partial charge in [0.25, 0.3) is 0 Å². The van der Waals surface area contributed by atoms with Gasteiger partial charge in [-0.25, -0.2) is 9.37 Å². The van der Waals surface area contributed by atoms with Gasteiger partial charge >= 0.3 is 0 Å². The maximum atomic E-state index is 14.1. The van der Waals surface area contributed by atoms with Crippen molar-refractivity contribution in [3.8, 4) is 29.2 Å². The number of benzene rings is 1. The van der Waals surface area contributed by atoms with E-state index in [-0.39, 0.29) is 5.56 Å². The standard InChI is InChI=1S/C21H20FN3OS/c1-14-5-10-25(11-6-14)20-24-19(15-2-3-16(13-23)17(22)12-15)18(27-20)4-7-21(26)8-9-21/h2-3,12,14,26H,5-6,8-11H2,1H3.